The van der Waals surface area contributed by atoms with Gasteiger partial charge in [0, 0.05) is 11.1 Å². The molecule has 76 valence electrons. The van der Waals surface area contributed by atoms with Crippen LogP contribution >= 0.6 is 11.6 Å². The molecule has 0 aromatic heterocycles. The standard InChI is InChI=1S/C10H11ClO3/c1-3-14-9-5-8(11)4-7(6-12)10(9)13-2/h4-6H,3H2,1-2H3. The van der Waals surface area contributed by atoms with E-state index in [0.29, 0.717) is 35.0 Å². The summed E-state index contributed by atoms with van der Waals surface area (Å²) in [4.78, 5) is 10.7. The Kier molecular flexibility index (Phi) is 3.77. The lowest BCUT2D eigenvalue weighted by atomic mass is 10.2. The summed E-state index contributed by atoms with van der Waals surface area (Å²) in [6, 6.07) is 3.16. The number of rotatable bonds is 4. The SMILES string of the molecule is CCOc1cc(Cl)cc(C=O)c1OC. The van der Waals surface area contributed by atoms with Crippen molar-refractivity contribution >= 4 is 17.9 Å². The number of methoxy groups -OCH3 is 1. The molecule has 0 amide bonds. The molecule has 0 radical (unpaired) electrons. The predicted octanol–water partition coefficient (Wildman–Crippen LogP) is 2.56. The van der Waals surface area contributed by atoms with E-state index in [2.05, 4.69) is 0 Å². The Balaban J connectivity index is 3.23. The molecule has 0 fully saturated rings. The van der Waals surface area contributed by atoms with Crippen molar-refractivity contribution in [2.24, 2.45) is 0 Å². The van der Waals surface area contributed by atoms with Gasteiger partial charge in [-0.3, -0.25) is 4.79 Å². The van der Waals surface area contributed by atoms with Gasteiger partial charge in [-0.05, 0) is 13.0 Å². The van der Waals surface area contributed by atoms with Gasteiger partial charge in [-0.25, -0.2) is 0 Å². The normalized spacial score (nSPS) is 9.64. The van der Waals surface area contributed by atoms with Crippen LogP contribution in [-0.2, 0) is 0 Å². The van der Waals surface area contributed by atoms with Crippen molar-refractivity contribution in [3.8, 4) is 11.5 Å². The summed E-state index contributed by atoms with van der Waals surface area (Å²) < 4.78 is 10.3. The fourth-order valence-corrected chi connectivity index (χ4v) is 1.37. The molecule has 0 aliphatic rings. The minimum absolute atomic E-state index is 0.392. The van der Waals surface area contributed by atoms with Crippen molar-refractivity contribution in [3.63, 3.8) is 0 Å². The molecule has 0 heterocycles. The first-order valence-electron chi connectivity index (χ1n) is 4.18. The van der Waals surface area contributed by atoms with Gasteiger partial charge >= 0.3 is 0 Å². The van der Waals surface area contributed by atoms with Gasteiger partial charge < -0.3 is 9.47 Å². The lowest BCUT2D eigenvalue weighted by Gasteiger charge is -2.11. The van der Waals surface area contributed by atoms with Crippen LogP contribution in [-0.4, -0.2) is 20.0 Å². The largest absolute Gasteiger partial charge is 0.492 e. The van der Waals surface area contributed by atoms with E-state index in [1.807, 2.05) is 6.92 Å². The average Bonchev–Trinajstić information content (AvgIpc) is 2.17. The van der Waals surface area contributed by atoms with Crippen molar-refractivity contribution in [1.82, 2.24) is 0 Å². The fourth-order valence-electron chi connectivity index (χ4n) is 1.16. The first-order chi connectivity index (χ1) is 6.72. The van der Waals surface area contributed by atoms with Gasteiger partial charge in [-0.15, -0.1) is 0 Å². The van der Waals surface area contributed by atoms with Gasteiger partial charge in [0.1, 0.15) is 0 Å². The first-order valence-corrected chi connectivity index (χ1v) is 4.56. The highest BCUT2D eigenvalue weighted by Gasteiger charge is 2.11. The zero-order valence-corrected chi connectivity index (χ0v) is 8.80. The van der Waals surface area contributed by atoms with Crippen molar-refractivity contribution in [2.75, 3.05) is 13.7 Å². The van der Waals surface area contributed by atoms with Crippen LogP contribution in [0.2, 0.25) is 5.02 Å². The van der Waals surface area contributed by atoms with Crippen LogP contribution in [0.1, 0.15) is 17.3 Å². The molecule has 1 rings (SSSR count). The first kappa shape index (κ1) is 10.9. The Labute approximate surface area is 87.6 Å². The molecule has 0 bridgehead atoms. The second kappa shape index (κ2) is 4.86. The summed E-state index contributed by atoms with van der Waals surface area (Å²) in [7, 11) is 1.48. The van der Waals surface area contributed by atoms with Crippen LogP contribution in [0, 0.1) is 0 Å². The highest BCUT2D eigenvalue weighted by atomic mass is 35.5. The number of aldehydes is 1. The van der Waals surface area contributed by atoms with Crippen LogP contribution in [0.5, 0.6) is 11.5 Å². The minimum atomic E-state index is 0.392. The number of hydrogen-bond donors (Lipinski definition) is 0. The Morgan fingerprint density at radius 1 is 1.50 bits per heavy atom. The predicted molar refractivity (Wildman–Crippen MR) is 54.6 cm³/mol. The highest BCUT2D eigenvalue weighted by Crippen LogP contribution is 2.33. The minimum Gasteiger partial charge on any atom is -0.492 e. The molecule has 0 aliphatic carbocycles. The van der Waals surface area contributed by atoms with Gasteiger partial charge in [-0.1, -0.05) is 11.6 Å². The zero-order chi connectivity index (χ0) is 10.6. The van der Waals surface area contributed by atoms with E-state index in [-0.39, 0.29) is 0 Å². The Morgan fingerprint density at radius 3 is 2.71 bits per heavy atom. The van der Waals surface area contributed by atoms with Gasteiger partial charge in [-0.2, -0.15) is 0 Å². The average molecular weight is 215 g/mol. The topological polar surface area (TPSA) is 35.5 Å². The van der Waals surface area contributed by atoms with Gasteiger partial charge in [0.15, 0.2) is 17.8 Å². The van der Waals surface area contributed by atoms with E-state index >= 15 is 0 Å². The number of hydrogen-bond acceptors (Lipinski definition) is 3. The molecular formula is C10H11ClO3. The molecule has 3 nitrogen and oxygen atoms in total. The summed E-state index contributed by atoms with van der Waals surface area (Å²) >= 11 is 5.80. The lowest BCUT2D eigenvalue weighted by Crippen LogP contribution is -1.98. The van der Waals surface area contributed by atoms with E-state index in [9.17, 15) is 4.79 Å². The third-order valence-electron chi connectivity index (χ3n) is 1.68. The van der Waals surface area contributed by atoms with E-state index in [1.165, 1.54) is 13.2 Å². The van der Waals surface area contributed by atoms with Gasteiger partial charge in [0.2, 0.25) is 0 Å². The van der Waals surface area contributed by atoms with Crippen molar-refractivity contribution < 1.29 is 14.3 Å². The summed E-state index contributed by atoms with van der Waals surface area (Å²) in [5.74, 6) is 0.913. The maximum absolute atomic E-state index is 10.7. The Morgan fingerprint density at radius 2 is 2.21 bits per heavy atom. The molecule has 1 aromatic rings. The summed E-state index contributed by atoms with van der Waals surface area (Å²) in [5.41, 5.74) is 0.392. The molecule has 4 heteroatoms. The van der Waals surface area contributed by atoms with Crippen molar-refractivity contribution in [2.45, 2.75) is 6.92 Å². The van der Waals surface area contributed by atoms with Crippen molar-refractivity contribution in [3.05, 3.63) is 22.7 Å². The molecule has 0 atom stereocenters. The maximum atomic E-state index is 10.7. The van der Waals surface area contributed by atoms with Gasteiger partial charge in [0.05, 0.1) is 19.3 Å². The summed E-state index contributed by atoms with van der Waals surface area (Å²) in [5, 5.41) is 0.455. The summed E-state index contributed by atoms with van der Waals surface area (Å²) in [6.07, 6.45) is 0.688. The number of ether oxygens (including phenoxy) is 2. The fraction of sp³-hybridized carbons (Fsp3) is 0.300. The molecule has 0 saturated heterocycles. The molecule has 0 unspecified atom stereocenters. The third-order valence-corrected chi connectivity index (χ3v) is 1.90. The molecular weight excluding hydrogens is 204 g/mol. The maximum Gasteiger partial charge on any atom is 0.171 e. The van der Waals surface area contributed by atoms with Crippen LogP contribution in [0.15, 0.2) is 12.1 Å². The van der Waals surface area contributed by atoms with Gasteiger partial charge in [0.25, 0.3) is 0 Å². The Hall–Kier alpha value is -1.22. The second-order valence-corrected chi connectivity index (χ2v) is 3.01. The number of carbonyl (C=O) groups excluding carboxylic acids is 1. The third kappa shape index (κ3) is 2.17. The molecule has 1 aromatic carbocycles. The van der Waals surface area contributed by atoms with Crippen LogP contribution < -0.4 is 9.47 Å². The smallest absolute Gasteiger partial charge is 0.171 e. The van der Waals surface area contributed by atoms with Crippen LogP contribution in [0.4, 0.5) is 0 Å². The molecule has 0 N–H and O–H groups in total. The highest BCUT2D eigenvalue weighted by molar-refractivity contribution is 6.31. The number of carbonyl (C=O) groups is 1. The summed E-state index contributed by atoms with van der Waals surface area (Å²) in [6.45, 7) is 2.34. The second-order valence-electron chi connectivity index (χ2n) is 2.58. The van der Waals surface area contributed by atoms with E-state index in [4.69, 9.17) is 21.1 Å². The molecule has 0 saturated carbocycles. The monoisotopic (exact) mass is 214 g/mol. The molecule has 14 heavy (non-hydrogen) atoms. The van der Waals surface area contributed by atoms with E-state index in [1.54, 1.807) is 6.07 Å². The lowest BCUT2D eigenvalue weighted by molar-refractivity contribution is 0.111. The van der Waals surface area contributed by atoms with Crippen LogP contribution in [0.3, 0.4) is 0 Å². The number of halogens is 1. The zero-order valence-electron chi connectivity index (χ0n) is 8.04. The number of benzene rings is 1. The molecule has 0 aliphatic heterocycles. The van der Waals surface area contributed by atoms with Crippen molar-refractivity contribution in [1.29, 1.82) is 0 Å². The van der Waals surface area contributed by atoms with E-state index in [0.717, 1.165) is 0 Å². The quantitative estimate of drug-likeness (QED) is 0.723. The van der Waals surface area contributed by atoms with E-state index < -0.39 is 0 Å². The Bertz CT molecular complexity index is 336. The molecule has 0 spiro atoms. The van der Waals surface area contributed by atoms with Crippen LogP contribution in [0.25, 0.3) is 0 Å².